The number of nitrogen functional groups attached to an aromatic ring is 1. The molecule has 4 nitrogen and oxygen atoms in total. The molecule has 1 amide bonds. The number of anilines is 1. The summed E-state index contributed by atoms with van der Waals surface area (Å²) in [6, 6.07) is 5.98. The Kier molecular flexibility index (Phi) is 4.65. The van der Waals surface area contributed by atoms with E-state index in [4.69, 9.17) is 5.84 Å². The number of aryl methyl sites for hydroxylation is 1. The highest BCUT2D eigenvalue weighted by Crippen LogP contribution is 2.28. The van der Waals surface area contributed by atoms with Gasteiger partial charge in [-0.2, -0.15) is 0 Å². The highest BCUT2D eigenvalue weighted by atomic mass is 16.2. The number of hydrazine groups is 1. The Hall–Kier alpha value is -1.55. The van der Waals surface area contributed by atoms with E-state index in [0.29, 0.717) is 12.0 Å². The third-order valence-corrected chi connectivity index (χ3v) is 4.40. The van der Waals surface area contributed by atoms with Crippen LogP contribution >= 0.6 is 0 Å². The molecule has 20 heavy (non-hydrogen) atoms. The summed E-state index contributed by atoms with van der Waals surface area (Å²) in [7, 11) is 1.93. The molecule has 0 radical (unpaired) electrons. The molecular formula is C16H25N3O. The van der Waals surface area contributed by atoms with Gasteiger partial charge < -0.3 is 10.3 Å². The number of nitrogens with two attached hydrogens (primary N) is 1. The molecule has 0 bridgehead atoms. The number of nitrogens with zero attached hydrogens (tertiary/aromatic N) is 1. The first-order valence-corrected chi connectivity index (χ1v) is 7.37. The lowest BCUT2D eigenvalue weighted by Crippen LogP contribution is -2.40. The summed E-state index contributed by atoms with van der Waals surface area (Å²) in [6.45, 7) is 4.23. The monoisotopic (exact) mass is 275 g/mol. The van der Waals surface area contributed by atoms with Crippen molar-refractivity contribution < 1.29 is 4.79 Å². The molecule has 1 fully saturated rings. The molecule has 0 aromatic heterocycles. The van der Waals surface area contributed by atoms with E-state index in [1.807, 2.05) is 37.1 Å². The van der Waals surface area contributed by atoms with Gasteiger partial charge in [0.1, 0.15) is 0 Å². The summed E-state index contributed by atoms with van der Waals surface area (Å²) < 4.78 is 0. The predicted molar refractivity (Wildman–Crippen MR) is 82.5 cm³/mol. The van der Waals surface area contributed by atoms with Gasteiger partial charge >= 0.3 is 0 Å². The van der Waals surface area contributed by atoms with Gasteiger partial charge in [-0.3, -0.25) is 10.6 Å². The average Bonchev–Trinajstić information content (AvgIpc) is 2.45. The number of nitrogens with one attached hydrogen (secondary N) is 1. The van der Waals surface area contributed by atoms with Crippen LogP contribution in [0.4, 0.5) is 5.69 Å². The van der Waals surface area contributed by atoms with Crippen molar-refractivity contribution in [2.45, 2.75) is 45.6 Å². The highest BCUT2D eigenvalue weighted by Gasteiger charge is 2.26. The molecule has 0 aliphatic heterocycles. The number of rotatable bonds is 3. The van der Waals surface area contributed by atoms with Crippen LogP contribution in [0.5, 0.6) is 0 Å². The second-order valence-corrected chi connectivity index (χ2v) is 6.02. The van der Waals surface area contributed by atoms with Crippen molar-refractivity contribution in [2.75, 3.05) is 12.5 Å². The Labute approximate surface area is 121 Å². The molecule has 0 saturated heterocycles. The van der Waals surface area contributed by atoms with Crippen LogP contribution in [-0.2, 0) is 0 Å². The van der Waals surface area contributed by atoms with Crippen molar-refractivity contribution >= 4 is 11.6 Å². The first-order chi connectivity index (χ1) is 9.52. The maximum absolute atomic E-state index is 12.6. The molecule has 1 aromatic carbocycles. The molecule has 1 saturated carbocycles. The fraction of sp³-hybridized carbons (Fsp3) is 0.562. The zero-order valence-corrected chi connectivity index (χ0v) is 12.6. The second-order valence-electron chi connectivity index (χ2n) is 6.02. The number of amides is 1. The van der Waals surface area contributed by atoms with E-state index < -0.39 is 0 Å². The molecule has 0 spiro atoms. The van der Waals surface area contributed by atoms with Crippen LogP contribution in [0.3, 0.4) is 0 Å². The topological polar surface area (TPSA) is 58.4 Å². The van der Waals surface area contributed by atoms with E-state index in [1.54, 1.807) is 0 Å². The molecule has 0 heterocycles. The summed E-state index contributed by atoms with van der Waals surface area (Å²) in [5.41, 5.74) is 5.16. The van der Waals surface area contributed by atoms with Crippen molar-refractivity contribution in [3.05, 3.63) is 29.3 Å². The van der Waals surface area contributed by atoms with Gasteiger partial charge in [-0.1, -0.05) is 19.8 Å². The van der Waals surface area contributed by atoms with Gasteiger partial charge in [0.15, 0.2) is 0 Å². The van der Waals surface area contributed by atoms with Crippen LogP contribution in [0.25, 0.3) is 0 Å². The molecule has 2 rings (SSSR count). The minimum Gasteiger partial charge on any atom is -0.339 e. The number of carbonyl (C=O) groups excluding carboxylic acids is 1. The molecule has 1 aliphatic carbocycles. The van der Waals surface area contributed by atoms with Crippen molar-refractivity contribution in [3.8, 4) is 0 Å². The van der Waals surface area contributed by atoms with Crippen molar-refractivity contribution in [2.24, 2.45) is 11.8 Å². The van der Waals surface area contributed by atoms with Crippen LogP contribution in [0.2, 0.25) is 0 Å². The SMILES string of the molecule is Cc1cc(NN)ccc1C(=O)N(C)C1CCCC(C)C1. The van der Waals surface area contributed by atoms with Crippen LogP contribution < -0.4 is 11.3 Å². The normalized spacial score (nSPS) is 22.4. The number of hydrogen-bond acceptors (Lipinski definition) is 3. The number of benzene rings is 1. The molecule has 110 valence electrons. The van der Waals surface area contributed by atoms with Crippen LogP contribution in [-0.4, -0.2) is 23.9 Å². The zero-order chi connectivity index (χ0) is 14.7. The predicted octanol–water partition coefficient (Wildman–Crippen LogP) is 2.93. The molecule has 4 heteroatoms. The lowest BCUT2D eigenvalue weighted by Gasteiger charge is -2.34. The fourth-order valence-corrected chi connectivity index (χ4v) is 3.10. The van der Waals surface area contributed by atoms with E-state index in [2.05, 4.69) is 12.3 Å². The first kappa shape index (κ1) is 14.9. The summed E-state index contributed by atoms with van der Waals surface area (Å²) in [5, 5.41) is 0. The van der Waals surface area contributed by atoms with Gasteiger partial charge in [-0.15, -0.1) is 0 Å². The number of carbonyl (C=O) groups is 1. The van der Waals surface area contributed by atoms with Crippen molar-refractivity contribution in [1.82, 2.24) is 4.90 Å². The molecule has 3 N–H and O–H groups in total. The molecule has 2 unspecified atom stereocenters. The Morgan fingerprint density at radius 3 is 2.75 bits per heavy atom. The largest absolute Gasteiger partial charge is 0.339 e. The van der Waals surface area contributed by atoms with Crippen LogP contribution in [0, 0.1) is 12.8 Å². The Morgan fingerprint density at radius 1 is 1.40 bits per heavy atom. The Bertz CT molecular complexity index is 487. The van der Waals surface area contributed by atoms with Crippen LogP contribution in [0.1, 0.15) is 48.5 Å². The molecule has 2 atom stereocenters. The summed E-state index contributed by atoms with van der Waals surface area (Å²) in [5.74, 6) is 6.22. The van der Waals surface area contributed by atoms with E-state index in [9.17, 15) is 4.79 Å². The minimum atomic E-state index is 0.116. The minimum absolute atomic E-state index is 0.116. The van der Waals surface area contributed by atoms with Crippen molar-refractivity contribution in [1.29, 1.82) is 0 Å². The van der Waals surface area contributed by atoms with Gasteiger partial charge in [0, 0.05) is 24.3 Å². The van der Waals surface area contributed by atoms with Gasteiger partial charge in [0.2, 0.25) is 0 Å². The maximum atomic E-state index is 12.6. The van der Waals surface area contributed by atoms with Gasteiger partial charge in [-0.25, -0.2) is 0 Å². The zero-order valence-electron chi connectivity index (χ0n) is 12.6. The van der Waals surface area contributed by atoms with E-state index in [1.165, 1.54) is 12.8 Å². The highest BCUT2D eigenvalue weighted by molar-refractivity contribution is 5.96. The molecular weight excluding hydrogens is 250 g/mol. The summed E-state index contributed by atoms with van der Waals surface area (Å²) in [4.78, 5) is 14.6. The fourth-order valence-electron chi connectivity index (χ4n) is 3.10. The van der Waals surface area contributed by atoms with Gasteiger partial charge in [0.25, 0.3) is 5.91 Å². The first-order valence-electron chi connectivity index (χ1n) is 7.37. The van der Waals surface area contributed by atoms with Gasteiger partial charge in [0.05, 0.1) is 0 Å². The molecule has 1 aliphatic rings. The van der Waals surface area contributed by atoms with Crippen molar-refractivity contribution in [3.63, 3.8) is 0 Å². The van der Waals surface area contributed by atoms with E-state index >= 15 is 0 Å². The lowest BCUT2D eigenvalue weighted by molar-refractivity contribution is 0.0671. The lowest BCUT2D eigenvalue weighted by atomic mass is 9.86. The van der Waals surface area contributed by atoms with Crippen LogP contribution in [0.15, 0.2) is 18.2 Å². The van der Waals surface area contributed by atoms with E-state index in [0.717, 1.165) is 29.7 Å². The maximum Gasteiger partial charge on any atom is 0.254 e. The van der Waals surface area contributed by atoms with E-state index in [-0.39, 0.29) is 5.91 Å². The molecule has 1 aromatic rings. The Balaban J connectivity index is 2.13. The second kappa shape index (κ2) is 6.27. The average molecular weight is 275 g/mol. The summed E-state index contributed by atoms with van der Waals surface area (Å²) in [6.07, 6.45) is 4.74. The Morgan fingerprint density at radius 2 is 2.15 bits per heavy atom. The van der Waals surface area contributed by atoms with Gasteiger partial charge in [-0.05, 0) is 49.4 Å². The third-order valence-electron chi connectivity index (χ3n) is 4.40. The summed E-state index contributed by atoms with van der Waals surface area (Å²) >= 11 is 0. The smallest absolute Gasteiger partial charge is 0.254 e. The standard InChI is InChI=1S/C16H25N3O/c1-11-5-4-6-14(9-11)19(3)16(20)15-8-7-13(18-17)10-12(15)2/h7-8,10-11,14,18H,4-6,9,17H2,1-3H3. The number of hydrogen-bond donors (Lipinski definition) is 2. The quantitative estimate of drug-likeness (QED) is 0.658. The third kappa shape index (κ3) is 3.12.